The average Bonchev–Trinajstić information content (AvgIpc) is 2.94. The monoisotopic (exact) mass is 369 g/mol. The predicted octanol–water partition coefficient (Wildman–Crippen LogP) is 2.91. The molecule has 1 aromatic heterocycles. The smallest absolute Gasteiger partial charge is 0.240 e. The number of thioether (sulfide) groups is 1. The molecule has 0 saturated carbocycles. The Labute approximate surface area is 147 Å². The highest BCUT2D eigenvalue weighted by Gasteiger charge is 2.30. The first-order chi connectivity index (χ1) is 11.0. The molecule has 0 radical (unpaired) electrons. The van der Waals surface area contributed by atoms with Crippen LogP contribution in [0.25, 0.3) is 10.2 Å². The van der Waals surface area contributed by atoms with Crippen molar-refractivity contribution in [2.45, 2.75) is 29.6 Å². The van der Waals surface area contributed by atoms with Crippen molar-refractivity contribution < 1.29 is 9.59 Å². The molecule has 1 unspecified atom stereocenters. The number of likely N-dealkylation sites (tertiary alicyclic amines) is 1. The third-order valence-corrected chi connectivity index (χ3v) is 6.20. The summed E-state index contributed by atoms with van der Waals surface area (Å²) in [5.74, 6) is -0.217. The summed E-state index contributed by atoms with van der Waals surface area (Å²) < 4.78 is 1.86. The Morgan fingerprint density at radius 3 is 3.04 bits per heavy atom. The van der Waals surface area contributed by atoms with Crippen molar-refractivity contribution in [2.75, 3.05) is 12.3 Å². The largest absolute Gasteiger partial charge is 0.368 e. The summed E-state index contributed by atoms with van der Waals surface area (Å²) in [5.41, 5.74) is 6.24. The maximum Gasteiger partial charge on any atom is 0.240 e. The first kappa shape index (κ1) is 16.5. The van der Waals surface area contributed by atoms with Crippen LogP contribution in [0, 0.1) is 0 Å². The Kier molecular flexibility index (Phi) is 5.08. The molecule has 1 aliphatic rings. The summed E-state index contributed by atoms with van der Waals surface area (Å²) in [5, 5.41) is 0.646. The van der Waals surface area contributed by atoms with E-state index in [9.17, 15) is 9.59 Å². The molecule has 0 bridgehead atoms. The van der Waals surface area contributed by atoms with E-state index in [1.807, 2.05) is 18.2 Å². The van der Waals surface area contributed by atoms with E-state index in [0.29, 0.717) is 18.0 Å². The summed E-state index contributed by atoms with van der Waals surface area (Å²) in [4.78, 5) is 30.0. The predicted molar refractivity (Wildman–Crippen MR) is 93.9 cm³/mol. The SMILES string of the molecule is NC(=O)C1CCCCN1C(=O)CSc1nc2cc(Cl)ccc2s1. The molecule has 1 fully saturated rings. The van der Waals surface area contributed by atoms with Crippen LogP contribution in [-0.2, 0) is 9.59 Å². The zero-order chi connectivity index (χ0) is 16.4. The molecule has 1 atom stereocenters. The second-order valence-electron chi connectivity index (χ2n) is 5.38. The maximum absolute atomic E-state index is 12.4. The number of hydrogen-bond donors (Lipinski definition) is 1. The van der Waals surface area contributed by atoms with Crippen LogP contribution >= 0.6 is 34.7 Å². The number of amides is 2. The molecule has 0 spiro atoms. The zero-order valence-electron chi connectivity index (χ0n) is 12.3. The van der Waals surface area contributed by atoms with E-state index < -0.39 is 11.9 Å². The number of piperidine rings is 1. The Hall–Kier alpha value is -1.31. The van der Waals surface area contributed by atoms with Crippen LogP contribution < -0.4 is 5.73 Å². The topological polar surface area (TPSA) is 76.3 Å². The number of hydrogen-bond acceptors (Lipinski definition) is 5. The second-order valence-corrected chi connectivity index (χ2v) is 8.07. The Morgan fingerprint density at radius 1 is 1.43 bits per heavy atom. The molecule has 122 valence electrons. The number of fused-ring (bicyclic) bond motifs is 1. The van der Waals surface area contributed by atoms with Crippen LogP contribution in [0.5, 0.6) is 0 Å². The van der Waals surface area contributed by atoms with Gasteiger partial charge in [0.2, 0.25) is 11.8 Å². The molecule has 0 aliphatic carbocycles. The molecule has 2 amide bonds. The number of nitrogens with zero attached hydrogens (tertiary/aromatic N) is 2. The third-order valence-electron chi connectivity index (χ3n) is 3.80. The highest BCUT2D eigenvalue weighted by Crippen LogP contribution is 2.31. The van der Waals surface area contributed by atoms with E-state index in [2.05, 4.69) is 4.98 Å². The zero-order valence-corrected chi connectivity index (χ0v) is 14.7. The number of thiazole rings is 1. The molecule has 1 saturated heterocycles. The van der Waals surface area contributed by atoms with Gasteiger partial charge in [-0.1, -0.05) is 23.4 Å². The number of rotatable bonds is 4. The first-order valence-electron chi connectivity index (χ1n) is 7.32. The summed E-state index contributed by atoms with van der Waals surface area (Å²) in [6, 6.07) is 5.10. The molecular formula is C15H16ClN3O2S2. The highest BCUT2D eigenvalue weighted by atomic mass is 35.5. The van der Waals surface area contributed by atoms with Crippen LogP contribution in [0.4, 0.5) is 0 Å². The van der Waals surface area contributed by atoms with Gasteiger partial charge in [0.1, 0.15) is 6.04 Å². The lowest BCUT2D eigenvalue weighted by Crippen LogP contribution is -2.51. The van der Waals surface area contributed by atoms with Crippen molar-refractivity contribution in [3.8, 4) is 0 Å². The lowest BCUT2D eigenvalue weighted by molar-refractivity contribution is -0.138. The van der Waals surface area contributed by atoms with Gasteiger partial charge in [0.15, 0.2) is 4.34 Å². The summed E-state index contributed by atoms with van der Waals surface area (Å²) in [6.07, 6.45) is 2.51. The van der Waals surface area contributed by atoms with E-state index in [0.717, 1.165) is 27.4 Å². The normalized spacial score (nSPS) is 18.3. The number of halogens is 1. The van der Waals surface area contributed by atoms with Crippen LogP contribution in [0.1, 0.15) is 19.3 Å². The van der Waals surface area contributed by atoms with Gasteiger partial charge in [-0.25, -0.2) is 4.98 Å². The van der Waals surface area contributed by atoms with Crippen molar-refractivity contribution >= 4 is 56.7 Å². The second kappa shape index (κ2) is 7.07. The van der Waals surface area contributed by atoms with Gasteiger partial charge in [0, 0.05) is 11.6 Å². The molecule has 23 heavy (non-hydrogen) atoms. The average molecular weight is 370 g/mol. The van der Waals surface area contributed by atoms with Crippen LogP contribution in [-0.4, -0.2) is 40.0 Å². The van der Waals surface area contributed by atoms with Crippen molar-refractivity contribution in [3.05, 3.63) is 23.2 Å². The molecule has 8 heteroatoms. The number of aromatic nitrogens is 1. The Balaban J connectivity index is 1.66. The number of benzene rings is 1. The minimum Gasteiger partial charge on any atom is -0.368 e. The van der Waals surface area contributed by atoms with Gasteiger partial charge in [-0.2, -0.15) is 0 Å². The van der Waals surface area contributed by atoms with Crippen molar-refractivity contribution in [2.24, 2.45) is 5.73 Å². The maximum atomic E-state index is 12.4. The van der Waals surface area contributed by atoms with Crippen molar-refractivity contribution in [1.29, 1.82) is 0 Å². The minimum atomic E-state index is -0.467. The Bertz CT molecular complexity index is 749. The quantitative estimate of drug-likeness (QED) is 0.840. The molecule has 3 rings (SSSR count). The fraction of sp³-hybridized carbons (Fsp3) is 0.400. The number of carbonyl (C=O) groups excluding carboxylic acids is 2. The standard InChI is InChI=1S/C15H16ClN3O2S2/c16-9-4-5-12-10(7-9)18-15(23-12)22-8-13(20)19-6-2-1-3-11(19)14(17)21/h4-5,7,11H,1-3,6,8H2,(H2,17,21). The number of primary amides is 1. The summed E-state index contributed by atoms with van der Waals surface area (Å²) >= 11 is 8.88. The lowest BCUT2D eigenvalue weighted by atomic mass is 10.0. The number of nitrogens with two attached hydrogens (primary N) is 1. The van der Waals surface area contributed by atoms with Crippen LogP contribution in [0.15, 0.2) is 22.5 Å². The van der Waals surface area contributed by atoms with E-state index >= 15 is 0 Å². The lowest BCUT2D eigenvalue weighted by Gasteiger charge is -2.33. The third kappa shape index (κ3) is 3.79. The molecule has 5 nitrogen and oxygen atoms in total. The molecule has 2 aromatic rings. The fourth-order valence-electron chi connectivity index (χ4n) is 2.67. The molecule has 1 aliphatic heterocycles. The minimum absolute atomic E-state index is 0.0595. The molecule has 2 heterocycles. The van der Waals surface area contributed by atoms with E-state index in [-0.39, 0.29) is 11.7 Å². The van der Waals surface area contributed by atoms with Gasteiger partial charge in [-0.05, 0) is 37.5 Å². The van der Waals surface area contributed by atoms with E-state index in [4.69, 9.17) is 17.3 Å². The van der Waals surface area contributed by atoms with E-state index in [1.165, 1.54) is 23.1 Å². The van der Waals surface area contributed by atoms with Gasteiger partial charge in [-0.15, -0.1) is 11.3 Å². The van der Waals surface area contributed by atoms with Crippen molar-refractivity contribution in [3.63, 3.8) is 0 Å². The molecular weight excluding hydrogens is 354 g/mol. The Morgan fingerprint density at radius 2 is 2.26 bits per heavy atom. The highest BCUT2D eigenvalue weighted by molar-refractivity contribution is 8.01. The fourth-order valence-corrected chi connectivity index (χ4v) is 4.77. The van der Waals surface area contributed by atoms with Gasteiger partial charge in [-0.3, -0.25) is 9.59 Å². The van der Waals surface area contributed by atoms with Crippen molar-refractivity contribution in [1.82, 2.24) is 9.88 Å². The number of carbonyl (C=O) groups is 2. The summed E-state index contributed by atoms with van der Waals surface area (Å²) in [7, 11) is 0. The van der Waals surface area contributed by atoms with Crippen LogP contribution in [0.3, 0.4) is 0 Å². The summed E-state index contributed by atoms with van der Waals surface area (Å²) in [6.45, 7) is 0.600. The molecule has 1 aromatic carbocycles. The first-order valence-corrected chi connectivity index (χ1v) is 9.50. The van der Waals surface area contributed by atoms with Gasteiger partial charge in [0.25, 0.3) is 0 Å². The van der Waals surface area contributed by atoms with Gasteiger partial charge < -0.3 is 10.6 Å². The van der Waals surface area contributed by atoms with Gasteiger partial charge in [0.05, 0.1) is 16.0 Å². The van der Waals surface area contributed by atoms with Crippen LogP contribution in [0.2, 0.25) is 5.02 Å². The van der Waals surface area contributed by atoms with E-state index in [1.54, 1.807) is 4.90 Å². The van der Waals surface area contributed by atoms with Gasteiger partial charge >= 0.3 is 0 Å². The molecule has 2 N–H and O–H groups in total.